The van der Waals surface area contributed by atoms with Gasteiger partial charge in [-0.2, -0.15) is 0 Å². The van der Waals surface area contributed by atoms with Gasteiger partial charge in [-0.15, -0.1) is 11.3 Å². The highest BCUT2D eigenvalue weighted by atomic mass is 35.5. The van der Waals surface area contributed by atoms with Crippen LogP contribution in [-0.2, 0) is 17.8 Å². The highest BCUT2D eigenvalue weighted by Crippen LogP contribution is 2.30. The van der Waals surface area contributed by atoms with Gasteiger partial charge in [0, 0.05) is 5.02 Å². The Morgan fingerprint density at radius 1 is 1.10 bits per heavy atom. The van der Waals surface area contributed by atoms with Crippen molar-refractivity contribution in [2.75, 3.05) is 0 Å². The number of carbonyl (C=O) groups is 1. The molecule has 1 atom stereocenters. The molecule has 2 heterocycles. The Balaban J connectivity index is 1.52. The van der Waals surface area contributed by atoms with Crippen molar-refractivity contribution in [2.45, 2.75) is 25.4 Å². The average molecular weight is 452 g/mol. The van der Waals surface area contributed by atoms with Crippen molar-refractivity contribution in [3.8, 4) is 5.69 Å². The molecule has 2 aromatic heterocycles. The monoisotopic (exact) mass is 451 g/mol. The third-order valence-corrected chi connectivity index (χ3v) is 6.75. The molecule has 1 N–H and O–H groups in total. The van der Waals surface area contributed by atoms with Crippen molar-refractivity contribution >= 4 is 39.1 Å². The number of hydrogen-bond acceptors (Lipinski definition) is 4. The quantitative estimate of drug-likeness (QED) is 0.514. The zero-order valence-corrected chi connectivity index (χ0v) is 17.9. The van der Waals surface area contributed by atoms with Crippen LogP contribution in [-0.4, -0.2) is 15.0 Å². The third-order valence-electron chi connectivity index (χ3n) is 5.61. The number of hydrogen-bond donors (Lipinski definition) is 1. The van der Waals surface area contributed by atoms with E-state index in [9.17, 15) is 14.4 Å². The smallest absolute Gasteiger partial charge is 0.336 e. The average Bonchev–Trinajstić information content (AvgIpc) is 3.41. The summed E-state index contributed by atoms with van der Waals surface area (Å²) < 4.78 is 2.87. The molecular formula is C23H18ClN3O3S. The maximum atomic E-state index is 13.3. The Bertz CT molecular complexity index is 1420. The molecule has 2 aromatic carbocycles. The molecule has 8 heteroatoms. The molecule has 5 rings (SSSR count). The standard InChI is InChI=1S/C23H18ClN3O3S/c24-15-6-8-16(9-7-15)27-22(29)21-19(11-12-31-21)26(23(27)30)13-20(28)25-18-10-5-14-3-1-2-4-17(14)18/h1-4,6-9,11-12,18H,5,10,13H2,(H,25,28). The van der Waals surface area contributed by atoms with Crippen molar-refractivity contribution in [3.63, 3.8) is 0 Å². The maximum absolute atomic E-state index is 13.3. The highest BCUT2D eigenvalue weighted by molar-refractivity contribution is 7.17. The second-order valence-electron chi connectivity index (χ2n) is 7.48. The van der Waals surface area contributed by atoms with E-state index in [0.29, 0.717) is 20.9 Å². The summed E-state index contributed by atoms with van der Waals surface area (Å²) in [6.07, 6.45) is 1.75. The zero-order valence-electron chi connectivity index (χ0n) is 16.4. The van der Waals surface area contributed by atoms with E-state index in [0.717, 1.165) is 23.0 Å². The molecule has 0 saturated carbocycles. The van der Waals surface area contributed by atoms with Crippen LogP contribution in [0.5, 0.6) is 0 Å². The Kier molecular flexibility index (Phi) is 5.00. The number of nitrogens with zero attached hydrogens (tertiary/aromatic N) is 2. The molecule has 0 bridgehead atoms. The predicted octanol–water partition coefficient (Wildman–Crippen LogP) is 3.67. The number of aromatic nitrogens is 2. The lowest BCUT2D eigenvalue weighted by molar-refractivity contribution is -0.122. The van der Waals surface area contributed by atoms with Crippen LogP contribution in [0.1, 0.15) is 23.6 Å². The maximum Gasteiger partial charge on any atom is 0.336 e. The largest absolute Gasteiger partial charge is 0.348 e. The van der Waals surface area contributed by atoms with Crippen LogP contribution in [0.15, 0.2) is 69.6 Å². The normalized spacial score (nSPS) is 15.2. The molecule has 0 aliphatic heterocycles. The fourth-order valence-electron chi connectivity index (χ4n) is 4.15. The summed E-state index contributed by atoms with van der Waals surface area (Å²) >= 11 is 7.20. The molecule has 0 saturated heterocycles. The van der Waals surface area contributed by atoms with Gasteiger partial charge in [0.25, 0.3) is 5.56 Å². The number of nitrogens with one attached hydrogen (secondary N) is 1. The fraction of sp³-hybridized carbons (Fsp3) is 0.174. The van der Waals surface area contributed by atoms with Gasteiger partial charge >= 0.3 is 5.69 Å². The first-order valence-corrected chi connectivity index (χ1v) is 11.1. The second kappa shape index (κ2) is 7.83. The van der Waals surface area contributed by atoms with Crippen molar-refractivity contribution in [1.82, 2.24) is 14.5 Å². The molecule has 6 nitrogen and oxygen atoms in total. The summed E-state index contributed by atoms with van der Waals surface area (Å²) in [5.41, 5.74) is 2.27. The van der Waals surface area contributed by atoms with Gasteiger partial charge in [0.15, 0.2) is 0 Å². The van der Waals surface area contributed by atoms with Gasteiger partial charge in [-0.05, 0) is 59.7 Å². The summed E-state index contributed by atoms with van der Waals surface area (Å²) in [5, 5.41) is 5.30. The first kappa shape index (κ1) is 19.8. The number of carbonyl (C=O) groups excluding carboxylic acids is 1. The van der Waals surface area contributed by atoms with Gasteiger partial charge < -0.3 is 5.32 Å². The lowest BCUT2D eigenvalue weighted by atomic mass is 10.1. The molecule has 1 aliphatic carbocycles. The molecule has 1 unspecified atom stereocenters. The highest BCUT2D eigenvalue weighted by Gasteiger charge is 2.24. The topological polar surface area (TPSA) is 73.1 Å². The van der Waals surface area contributed by atoms with Gasteiger partial charge in [-0.1, -0.05) is 35.9 Å². The number of halogens is 1. The first-order chi connectivity index (χ1) is 15.0. The van der Waals surface area contributed by atoms with E-state index in [4.69, 9.17) is 11.6 Å². The molecule has 0 radical (unpaired) electrons. The lowest BCUT2D eigenvalue weighted by Crippen LogP contribution is -2.41. The van der Waals surface area contributed by atoms with E-state index in [1.54, 1.807) is 35.7 Å². The molecule has 31 heavy (non-hydrogen) atoms. The van der Waals surface area contributed by atoms with Gasteiger partial charge in [-0.3, -0.25) is 14.2 Å². The van der Waals surface area contributed by atoms with Crippen molar-refractivity contribution in [2.24, 2.45) is 0 Å². The van der Waals surface area contributed by atoms with Gasteiger partial charge in [-0.25, -0.2) is 9.36 Å². The van der Waals surface area contributed by atoms with Gasteiger partial charge in [0.05, 0.1) is 17.2 Å². The van der Waals surface area contributed by atoms with Crippen LogP contribution >= 0.6 is 22.9 Å². The molecule has 156 valence electrons. The molecule has 1 aliphatic rings. The minimum atomic E-state index is -0.555. The second-order valence-corrected chi connectivity index (χ2v) is 8.83. The zero-order chi connectivity index (χ0) is 21.5. The Morgan fingerprint density at radius 3 is 2.68 bits per heavy atom. The Morgan fingerprint density at radius 2 is 1.87 bits per heavy atom. The molecule has 0 fully saturated rings. The third kappa shape index (κ3) is 3.49. The van der Waals surface area contributed by atoms with E-state index in [-0.39, 0.29) is 18.5 Å². The predicted molar refractivity (Wildman–Crippen MR) is 122 cm³/mol. The summed E-state index contributed by atoms with van der Waals surface area (Å²) in [4.78, 5) is 39.2. The van der Waals surface area contributed by atoms with Crippen molar-refractivity contribution < 1.29 is 4.79 Å². The molecular weight excluding hydrogens is 434 g/mol. The van der Waals surface area contributed by atoms with Crippen LogP contribution in [0.25, 0.3) is 15.9 Å². The van der Waals surface area contributed by atoms with Crippen LogP contribution in [0.4, 0.5) is 0 Å². The number of amides is 1. The summed E-state index contributed by atoms with van der Waals surface area (Å²) in [5.74, 6) is -0.266. The summed E-state index contributed by atoms with van der Waals surface area (Å²) in [6, 6.07) is 16.2. The van der Waals surface area contributed by atoms with E-state index in [1.165, 1.54) is 21.5 Å². The SMILES string of the molecule is O=C(Cn1c(=O)n(-c2ccc(Cl)cc2)c(=O)c2sccc21)NC1CCc2ccccc21. The van der Waals surface area contributed by atoms with E-state index in [1.807, 2.05) is 18.2 Å². The number of rotatable bonds is 4. The fourth-order valence-corrected chi connectivity index (χ4v) is 5.10. The van der Waals surface area contributed by atoms with Crippen LogP contribution < -0.4 is 16.6 Å². The van der Waals surface area contributed by atoms with Crippen LogP contribution in [0, 0.1) is 0 Å². The van der Waals surface area contributed by atoms with E-state index < -0.39 is 11.2 Å². The Labute approximate surface area is 186 Å². The number of aryl methyl sites for hydroxylation is 1. The Hall–Kier alpha value is -3.16. The number of fused-ring (bicyclic) bond motifs is 2. The summed E-state index contributed by atoms with van der Waals surface area (Å²) in [6.45, 7) is -0.168. The van der Waals surface area contributed by atoms with Crippen molar-refractivity contribution in [3.05, 3.63) is 97.0 Å². The van der Waals surface area contributed by atoms with Gasteiger partial charge in [0.2, 0.25) is 5.91 Å². The molecule has 0 spiro atoms. The molecule has 4 aromatic rings. The number of benzene rings is 2. The van der Waals surface area contributed by atoms with E-state index >= 15 is 0 Å². The van der Waals surface area contributed by atoms with Crippen LogP contribution in [0.2, 0.25) is 5.02 Å². The first-order valence-electron chi connectivity index (χ1n) is 9.89. The van der Waals surface area contributed by atoms with Crippen molar-refractivity contribution in [1.29, 1.82) is 0 Å². The summed E-state index contributed by atoms with van der Waals surface area (Å²) in [7, 11) is 0. The minimum Gasteiger partial charge on any atom is -0.348 e. The lowest BCUT2D eigenvalue weighted by Gasteiger charge is -2.16. The van der Waals surface area contributed by atoms with Gasteiger partial charge in [0.1, 0.15) is 11.2 Å². The van der Waals surface area contributed by atoms with Crippen LogP contribution in [0.3, 0.4) is 0 Å². The van der Waals surface area contributed by atoms with E-state index in [2.05, 4.69) is 11.4 Å². The minimum absolute atomic E-state index is 0.0699. The number of thiophene rings is 1. The molecule has 1 amide bonds.